The van der Waals surface area contributed by atoms with Gasteiger partial charge in [0.2, 0.25) is 5.91 Å². The second-order valence-corrected chi connectivity index (χ2v) is 5.84. The molecule has 0 aromatic heterocycles. The van der Waals surface area contributed by atoms with Gasteiger partial charge in [0.1, 0.15) is 0 Å². The number of carbonyl (C=O) groups excluding carboxylic acids is 3. The van der Waals surface area contributed by atoms with Crippen molar-refractivity contribution in [3.8, 4) is 0 Å². The summed E-state index contributed by atoms with van der Waals surface area (Å²) in [5, 5.41) is 5.36. The van der Waals surface area contributed by atoms with Gasteiger partial charge in [-0.1, -0.05) is 37.3 Å². The largest absolute Gasteiger partial charge is 0.449 e. The summed E-state index contributed by atoms with van der Waals surface area (Å²) in [6.45, 7) is 4.90. The number of hydrogen-bond acceptors (Lipinski definition) is 4. The predicted molar refractivity (Wildman–Crippen MR) is 100 cm³/mol. The molecule has 2 N–H and O–H groups in total. The van der Waals surface area contributed by atoms with Gasteiger partial charge in [-0.15, -0.1) is 0 Å². The quantitative estimate of drug-likeness (QED) is 0.777. The minimum atomic E-state index is -0.937. The highest BCUT2D eigenvalue weighted by Crippen LogP contribution is 2.22. The van der Waals surface area contributed by atoms with E-state index < -0.39 is 18.0 Å². The van der Waals surface area contributed by atoms with Crippen LogP contribution in [-0.2, 0) is 14.3 Å². The SMILES string of the molecule is CCC(OC(=O)c1cccc(C)c1NC(C)=O)C(=O)Nc1ccccc1. The Morgan fingerprint density at radius 3 is 2.31 bits per heavy atom. The van der Waals surface area contributed by atoms with Crippen LogP contribution >= 0.6 is 0 Å². The van der Waals surface area contributed by atoms with Crippen LogP contribution in [0.5, 0.6) is 0 Å². The number of anilines is 2. The normalized spacial score (nSPS) is 11.3. The summed E-state index contributed by atoms with van der Waals surface area (Å²) in [7, 11) is 0. The van der Waals surface area contributed by atoms with E-state index in [0.29, 0.717) is 17.8 Å². The van der Waals surface area contributed by atoms with Gasteiger partial charge >= 0.3 is 5.97 Å². The van der Waals surface area contributed by atoms with Crippen molar-refractivity contribution in [1.29, 1.82) is 0 Å². The summed E-state index contributed by atoms with van der Waals surface area (Å²) in [4.78, 5) is 36.4. The van der Waals surface area contributed by atoms with E-state index in [4.69, 9.17) is 4.74 Å². The van der Waals surface area contributed by atoms with Gasteiger partial charge < -0.3 is 15.4 Å². The monoisotopic (exact) mass is 354 g/mol. The highest BCUT2D eigenvalue weighted by atomic mass is 16.5. The first-order chi connectivity index (χ1) is 12.4. The van der Waals surface area contributed by atoms with E-state index >= 15 is 0 Å². The fourth-order valence-electron chi connectivity index (χ4n) is 2.44. The minimum absolute atomic E-state index is 0.214. The molecule has 6 heteroatoms. The van der Waals surface area contributed by atoms with Crippen LogP contribution in [0.1, 0.15) is 36.2 Å². The molecule has 6 nitrogen and oxygen atoms in total. The molecule has 2 aromatic carbocycles. The number of hydrogen-bond donors (Lipinski definition) is 2. The fourth-order valence-corrected chi connectivity index (χ4v) is 2.44. The molecule has 0 bridgehead atoms. The van der Waals surface area contributed by atoms with Crippen LogP contribution in [0.25, 0.3) is 0 Å². The molecule has 2 amide bonds. The molecule has 26 heavy (non-hydrogen) atoms. The molecular weight excluding hydrogens is 332 g/mol. The molecule has 0 saturated heterocycles. The highest BCUT2D eigenvalue weighted by Gasteiger charge is 2.24. The number of esters is 1. The molecule has 0 heterocycles. The zero-order valence-electron chi connectivity index (χ0n) is 15.0. The lowest BCUT2D eigenvalue weighted by Gasteiger charge is -2.18. The van der Waals surface area contributed by atoms with E-state index in [1.165, 1.54) is 6.92 Å². The molecule has 0 aliphatic carbocycles. The lowest BCUT2D eigenvalue weighted by Crippen LogP contribution is -2.32. The molecule has 2 rings (SSSR count). The molecule has 136 valence electrons. The standard InChI is InChI=1S/C20H22N2O4/c1-4-17(19(24)22-15-10-6-5-7-11-15)26-20(25)16-12-8-9-13(2)18(16)21-14(3)23/h5-12,17H,4H2,1-3H3,(H,21,23)(H,22,24). The molecule has 1 atom stereocenters. The van der Waals surface area contributed by atoms with Crippen molar-refractivity contribution in [1.82, 2.24) is 0 Å². The summed E-state index contributed by atoms with van der Waals surface area (Å²) in [6, 6.07) is 14.0. The zero-order valence-corrected chi connectivity index (χ0v) is 15.0. The molecule has 1 unspecified atom stereocenters. The number of benzene rings is 2. The van der Waals surface area contributed by atoms with Crippen molar-refractivity contribution >= 4 is 29.2 Å². The second-order valence-electron chi connectivity index (χ2n) is 5.84. The maximum absolute atomic E-state index is 12.6. The molecule has 0 spiro atoms. The first-order valence-electron chi connectivity index (χ1n) is 8.36. The molecule has 0 saturated carbocycles. The van der Waals surface area contributed by atoms with E-state index in [2.05, 4.69) is 10.6 Å². The zero-order chi connectivity index (χ0) is 19.1. The molecule has 0 radical (unpaired) electrons. The third-order valence-corrected chi connectivity index (χ3v) is 3.75. The Morgan fingerprint density at radius 2 is 1.69 bits per heavy atom. The van der Waals surface area contributed by atoms with Crippen LogP contribution in [-0.4, -0.2) is 23.9 Å². The summed E-state index contributed by atoms with van der Waals surface area (Å²) in [5.41, 5.74) is 1.97. The van der Waals surface area contributed by atoms with Crippen molar-refractivity contribution in [2.45, 2.75) is 33.3 Å². The summed E-state index contributed by atoms with van der Waals surface area (Å²) >= 11 is 0. The number of aryl methyl sites for hydroxylation is 1. The van der Waals surface area contributed by atoms with Crippen LogP contribution in [0.3, 0.4) is 0 Å². The Bertz CT molecular complexity index is 803. The van der Waals surface area contributed by atoms with Gasteiger partial charge in [0.15, 0.2) is 6.10 Å². The van der Waals surface area contributed by atoms with Gasteiger partial charge in [-0.05, 0) is 37.1 Å². The van der Waals surface area contributed by atoms with E-state index in [1.54, 1.807) is 56.3 Å². The van der Waals surface area contributed by atoms with Crippen molar-refractivity contribution in [3.63, 3.8) is 0 Å². The molecule has 0 aliphatic heterocycles. The van der Waals surface area contributed by atoms with Crippen LogP contribution in [0.15, 0.2) is 48.5 Å². The first-order valence-corrected chi connectivity index (χ1v) is 8.36. The van der Waals surface area contributed by atoms with Gasteiger partial charge in [0, 0.05) is 12.6 Å². The number of nitrogens with one attached hydrogen (secondary N) is 2. The van der Waals surface area contributed by atoms with E-state index in [1.807, 2.05) is 6.07 Å². The first kappa shape index (κ1) is 19.2. The van der Waals surface area contributed by atoms with Gasteiger partial charge in [0.25, 0.3) is 5.91 Å². The number of carbonyl (C=O) groups is 3. The van der Waals surface area contributed by atoms with E-state index in [-0.39, 0.29) is 11.5 Å². The maximum atomic E-state index is 12.6. The van der Waals surface area contributed by atoms with Gasteiger partial charge in [-0.2, -0.15) is 0 Å². The Labute approximate surface area is 152 Å². The average Bonchev–Trinajstić information content (AvgIpc) is 2.61. The maximum Gasteiger partial charge on any atom is 0.341 e. The van der Waals surface area contributed by atoms with Crippen LogP contribution in [0.2, 0.25) is 0 Å². The van der Waals surface area contributed by atoms with Crippen LogP contribution < -0.4 is 10.6 Å². The Balaban J connectivity index is 2.15. The number of para-hydroxylation sites is 2. The lowest BCUT2D eigenvalue weighted by atomic mass is 10.1. The van der Waals surface area contributed by atoms with E-state index in [0.717, 1.165) is 5.56 Å². The number of ether oxygens (including phenoxy) is 1. The summed E-state index contributed by atoms with van der Waals surface area (Å²) in [5.74, 6) is -1.35. The number of amides is 2. The molecule has 0 aliphatic rings. The minimum Gasteiger partial charge on any atom is -0.449 e. The van der Waals surface area contributed by atoms with Gasteiger partial charge in [-0.25, -0.2) is 4.79 Å². The van der Waals surface area contributed by atoms with Crippen molar-refractivity contribution in [2.75, 3.05) is 10.6 Å². The smallest absolute Gasteiger partial charge is 0.341 e. The topological polar surface area (TPSA) is 84.5 Å². The van der Waals surface area contributed by atoms with Crippen molar-refractivity contribution in [2.24, 2.45) is 0 Å². The Hall–Kier alpha value is -3.15. The van der Waals surface area contributed by atoms with Crippen LogP contribution in [0.4, 0.5) is 11.4 Å². The average molecular weight is 354 g/mol. The Kier molecular flexibility index (Phi) is 6.49. The number of rotatable bonds is 6. The molecule has 2 aromatic rings. The third-order valence-electron chi connectivity index (χ3n) is 3.75. The Morgan fingerprint density at radius 1 is 1.00 bits per heavy atom. The molecule has 0 fully saturated rings. The van der Waals surface area contributed by atoms with Gasteiger partial charge in [-0.3, -0.25) is 9.59 Å². The summed E-state index contributed by atoms with van der Waals surface area (Å²) in [6.07, 6.45) is -0.612. The third kappa shape index (κ3) is 4.92. The van der Waals surface area contributed by atoms with Crippen LogP contribution in [0, 0.1) is 6.92 Å². The fraction of sp³-hybridized carbons (Fsp3) is 0.250. The van der Waals surface area contributed by atoms with Crippen molar-refractivity contribution in [3.05, 3.63) is 59.7 Å². The summed E-state index contributed by atoms with van der Waals surface area (Å²) < 4.78 is 5.39. The lowest BCUT2D eigenvalue weighted by molar-refractivity contribution is -0.124. The molecular formula is C20H22N2O4. The van der Waals surface area contributed by atoms with E-state index in [9.17, 15) is 14.4 Å². The van der Waals surface area contributed by atoms with Crippen molar-refractivity contribution < 1.29 is 19.1 Å². The highest BCUT2D eigenvalue weighted by molar-refractivity contribution is 6.03. The second kappa shape index (κ2) is 8.80. The predicted octanol–water partition coefficient (Wildman–Crippen LogP) is 3.53. The van der Waals surface area contributed by atoms with Gasteiger partial charge in [0.05, 0.1) is 11.3 Å².